The first-order valence-corrected chi connectivity index (χ1v) is 5.40. The van der Waals surface area contributed by atoms with Gasteiger partial charge in [0.25, 0.3) is 0 Å². The Morgan fingerprint density at radius 3 is 2.47 bits per heavy atom. The Bertz CT molecular complexity index is 546. The number of carboxylic acids is 1. The second-order valence-electron chi connectivity index (χ2n) is 3.70. The molecule has 0 fully saturated rings. The van der Waals surface area contributed by atoms with E-state index in [1.54, 1.807) is 24.3 Å². The van der Waals surface area contributed by atoms with E-state index in [-0.39, 0.29) is 12.4 Å². The maximum Gasteiger partial charge on any atom is 0.360 e. The highest BCUT2D eigenvalue weighted by Gasteiger charge is 2.10. The minimum atomic E-state index is -0.942. The molecule has 8 nitrogen and oxygen atoms in total. The van der Waals surface area contributed by atoms with Crippen molar-refractivity contribution in [1.29, 1.82) is 0 Å². The molecular formula is C11H11N5O3. The number of nitrogens with two attached hydrogens (primary N) is 1. The first-order chi connectivity index (χ1) is 9.15. The molecule has 0 saturated carbocycles. The zero-order chi connectivity index (χ0) is 13.7. The lowest BCUT2D eigenvalue weighted by Crippen LogP contribution is -2.14. The maximum absolute atomic E-state index is 10.6. The van der Waals surface area contributed by atoms with E-state index < -0.39 is 12.0 Å². The number of carboxylic acid groups (broad SMARTS) is 1. The molecule has 0 aliphatic heterocycles. The fourth-order valence-corrected chi connectivity index (χ4v) is 1.43. The lowest BCUT2D eigenvalue weighted by molar-refractivity contribution is -0.137. The van der Waals surface area contributed by atoms with Crippen LogP contribution in [0.1, 0.15) is 18.0 Å². The quantitative estimate of drug-likeness (QED) is 0.798. The number of hydrogen-bond donors (Lipinski definition) is 2. The molecule has 0 aliphatic rings. The third kappa shape index (κ3) is 3.68. The third-order valence-electron chi connectivity index (χ3n) is 2.30. The monoisotopic (exact) mass is 261 g/mol. The van der Waals surface area contributed by atoms with Gasteiger partial charge in [-0.3, -0.25) is 4.79 Å². The molecule has 2 rings (SSSR count). The summed E-state index contributed by atoms with van der Waals surface area (Å²) in [7, 11) is 0. The molecule has 1 aromatic heterocycles. The van der Waals surface area contributed by atoms with Gasteiger partial charge in [-0.1, -0.05) is 22.3 Å². The lowest BCUT2D eigenvalue weighted by atomic mass is 10.1. The molecule has 3 N–H and O–H groups in total. The van der Waals surface area contributed by atoms with Crippen LogP contribution in [0.15, 0.2) is 30.6 Å². The Hall–Kier alpha value is -2.61. The Morgan fingerprint density at radius 1 is 1.26 bits per heavy atom. The fourth-order valence-electron chi connectivity index (χ4n) is 1.43. The van der Waals surface area contributed by atoms with Gasteiger partial charge in [0.15, 0.2) is 6.33 Å². The maximum atomic E-state index is 10.6. The minimum Gasteiger partial charge on any atom is -0.481 e. The van der Waals surface area contributed by atoms with Gasteiger partial charge in [-0.05, 0) is 17.7 Å². The van der Waals surface area contributed by atoms with Crippen LogP contribution < -0.4 is 10.5 Å². The summed E-state index contributed by atoms with van der Waals surface area (Å²) in [6, 6.07) is 6.15. The summed E-state index contributed by atoms with van der Waals surface area (Å²) in [5, 5.41) is 23.0. The van der Waals surface area contributed by atoms with Gasteiger partial charge in [-0.15, -0.1) is 10.2 Å². The SMILES string of the molecule is NC(CC(=O)O)c1ccc(Oc2nncnn2)cc1. The van der Waals surface area contributed by atoms with Crippen LogP contribution in [-0.2, 0) is 4.79 Å². The van der Waals surface area contributed by atoms with Crippen molar-refractivity contribution in [3.63, 3.8) is 0 Å². The van der Waals surface area contributed by atoms with Gasteiger partial charge in [0, 0.05) is 6.04 Å². The molecule has 2 aromatic rings. The number of nitrogens with zero attached hydrogens (tertiary/aromatic N) is 4. The molecule has 1 heterocycles. The van der Waals surface area contributed by atoms with E-state index in [9.17, 15) is 4.79 Å². The molecule has 19 heavy (non-hydrogen) atoms. The van der Waals surface area contributed by atoms with E-state index in [4.69, 9.17) is 15.6 Å². The fraction of sp³-hybridized carbons (Fsp3) is 0.182. The second-order valence-corrected chi connectivity index (χ2v) is 3.70. The Morgan fingerprint density at radius 2 is 1.89 bits per heavy atom. The van der Waals surface area contributed by atoms with Crippen LogP contribution in [0.4, 0.5) is 0 Å². The van der Waals surface area contributed by atoms with E-state index in [1.165, 1.54) is 6.33 Å². The number of aromatic nitrogens is 4. The molecular weight excluding hydrogens is 250 g/mol. The van der Waals surface area contributed by atoms with Gasteiger partial charge in [0.05, 0.1) is 6.42 Å². The standard InChI is InChI=1S/C11H11N5O3/c12-9(5-10(17)18)7-1-3-8(4-2-7)19-11-15-13-6-14-16-11/h1-4,6,9H,5,12H2,(H,17,18). The van der Waals surface area contributed by atoms with E-state index in [0.29, 0.717) is 11.3 Å². The molecule has 1 unspecified atom stereocenters. The van der Waals surface area contributed by atoms with E-state index in [1.807, 2.05) is 0 Å². The molecule has 0 saturated heterocycles. The van der Waals surface area contributed by atoms with E-state index in [2.05, 4.69) is 20.4 Å². The number of carbonyl (C=O) groups is 1. The highest BCUT2D eigenvalue weighted by Crippen LogP contribution is 2.20. The van der Waals surface area contributed by atoms with Crippen LogP contribution >= 0.6 is 0 Å². The second kappa shape index (κ2) is 5.83. The summed E-state index contributed by atoms with van der Waals surface area (Å²) in [5.41, 5.74) is 6.44. The molecule has 0 spiro atoms. The van der Waals surface area contributed by atoms with Crippen LogP contribution in [-0.4, -0.2) is 31.5 Å². The highest BCUT2D eigenvalue weighted by molar-refractivity contribution is 5.67. The van der Waals surface area contributed by atoms with E-state index in [0.717, 1.165) is 0 Å². The van der Waals surface area contributed by atoms with Gasteiger partial charge in [-0.25, -0.2) is 0 Å². The number of hydrogen-bond acceptors (Lipinski definition) is 7. The molecule has 8 heteroatoms. The molecule has 0 aliphatic carbocycles. The number of aliphatic carboxylic acids is 1. The van der Waals surface area contributed by atoms with Crippen molar-refractivity contribution in [2.75, 3.05) is 0 Å². The largest absolute Gasteiger partial charge is 0.481 e. The van der Waals surface area contributed by atoms with Gasteiger partial charge in [-0.2, -0.15) is 0 Å². The van der Waals surface area contributed by atoms with Crippen molar-refractivity contribution < 1.29 is 14.6 Å². The normalized spacial score (nSPS) is 11.8. The van der Waals surface area contributed by atoms with Crippen molar-refractivity contribution >= 4 is 5.97 Å². The summed E-state index contributed by atoms with van der Waals surface area (Å²) in [6.45, 7) is 0. The van der Waals surface area contributed by atoms with Crippen molar-refractivity contribution in [3.8, 4) is 11.8 Å². The molecule has 1 atom stereocenters. The average Bonchev–Trinajstić information content (AvgIpc) is 2.40. The summed E-state index contributed by atoms with van der Waals surface area (Å²) in [6.07, 6.45) is 1.07. The van der Waals surface area contributed by atoms with Crippen molar-refractivity contribution in [3.05, 3.63) is 36.2 Å². The molecule has 98 valence electrons. The van der Waals surface area contributed by atoms with Crippen molar-refractivity contribution in [2.24, 2.45) is 5.73 Å². The van der Waals surface area contributed by atoms with Crippen LogP contribution in [0.2, 0.25) is 0 Å². The first kappa shape index (κ1) is 12.8. The minimum absolute atomic E-state index is 0.0325. The number of ether oxygens (including phenoxy) is 1. The van der Waals surface area contributed by atoms with Crippen LogP contribution in [0, 0.1) is 0 Å². The lowest BCUT2D eigenvalue weighted by Gasteiger charge is -2.09. The summed E-state index contributed by atoms with van der Waals surface area (Å²) >= 11 is 0. The Kier molecular flexibility index (Phi) is 3.94. The molecule has 1 aromatic carbocycles. The summed E-state index contributed by atoms with van der Waals surface area (Å²) in [5.74, 6) is -0.455. The Labute approximate surface area is 108 Å². The third-order valence-corrected chi connectivity index (χ3v) is 2.30. The van der Waals surface area contributed by atoms with Crippen molar-refractivity contribution in [2.45, 2.75) is 12.5 Å². The first-order valence-electron chi connectivity index (χ1n) is 5.40. The predicted octanol–water partition coefficient (Wildman–Crippen LogP) is 0.533. The highest BCUT2D eigenvalue weighted by atomic mass is 16.5. The number of rotatable bonds is 5. The smallest absolute Gasteiger partial charge is 0.360 e. The van der Waals surface area contributed by atoms with Gasteiger partial charge >= 0.3 is 12.0 Å². The van der Waals surface area contributed by atoms with Crippen molar-refractivity contribution in [1.82, 2.24) is 20.4 Å². The average molecular weight is 261 g/mol. The van der Waals surface area contributed by atoms with Crippen LogP contribution in [0.3, 0.4) is 0 Å². The zero-order valence-corrected chi connectivity index (χ0v) is 9.80. The molecule has 0 bridgehead atoms. The van der Waals surface area contributed by atoms with Crippen LogP contribution in [0.5, 0.6) is 11.8 Å². The zero-order valence-electron chi connectivity index (χ0n) is 9.80. The topological polar surface area (TPSA) is 124 Å². The van der Waals surface area contributed by atoms with Gasteiger partial charge < -0.3 is 15.6 Å². The van der Waals surface area contributed by atoms with Crippen LogP contribution in [0.25, 0.3) is 0 Å². The number of benzene rings is 1. The van der Waals surface area contributed by atoms with E-state index >= 15 is 0 Å². The predicted molar refractivity (Wildman–Crippen MR) is 63.3 cm³/mol. The molecule has 0 radical (unpaired) electrons. The molecule has 0 amide bonds. The summed E-state index contributed by atoms with van der Waals surface area (Å²) < 4.78 is 5.29. The Balaban J connectivity index is 2.04. The van der Waals surface area contributed by atoms with Gasteiger partial charge in [0.1, 0.15) is 5.75 Å². The van der Waals surface area contributed by atoms with Gasteiger partial charge in [0.2, 0.25) is 0 Å². The summed E-state index contributed by atoms with van der Waals surface area (Å²) in [4.78, 5) is 10.6.